The normalized spacial score (nSPS) is 11.2. The average Bonchev–Trinajstić information content (AvgIpc) is 2.78. The molecule has 96 valence electrons. The monoisotopic (exact) mass is 243 g/mol. The van der Waals surface area contributed by atoms with Crippen LogP contribution in [0.3, 0.4) is 0 Å². The minimum absolute atomic E-state index is 0.479. The second kappa shape index (κ2) is 5.36. The minimum Gasteiger partial charge on any atom is -0.310 e. The van der Waals surface area contributed by atoms with E-state index >= 15 is 0 Å². The Kier molecular flexibility index (Phi) is 3.82. The van der Waals surface area contributed by atoms with Gasteiger partial charge in [-0.15, -0.1) is 0 Å². The number of hydrogen-bond acceptors (Lipinski definition) is 2. The van der Waals surface area contributed by atoms with Gasteiger partial charge in [-0.2, -0.15) is 5.10 Å². The van der Waals surface area contributed by atoms with Crippen molar-refractivity contribution in [3.8, 4) is 11.3 Å². The van der Waals surface area contributed by atoms with Crippen molar-refractivity contribution in [1.29, 1.82) is 0 Å². The van der Waals surface area contributed by atoms with Crippen LogP contribution in [0.15, 0.2) is 24.4 Å². The van der Waals surface area contributed by atoms with Gasteiger partial charge < -0.3 is 5.32 Å². The first-order chi connectivity index (χ1) is 8.58. The standard InChI is InChI=1S/C15H21N3/c1-10(2)16-8-14-9-17-18-15(14)13-6-5-11(3)12(4)7-13/h5-7,9-10,16H,8H2,1-4H3,(H,17,18). The minimum atomic E-state index is 0.479. The Bertz CT molecular complexity index is 526. The van der Waals surface area contributed by atoms with E-state index in [2.05, 4.69) is 61.4 Å². The molecule has 2 aromatic rings. The van der Waals surface area contributed by atoms with Gasteiger partial charge in [0.05, 0.1) is 11.9 Å². The molecule has 0 saturated heterocycles. The second-order valence-corrected chi connectivity index (χ2v) is 5.10. The Labute approximate surface area is 109 Å². The van der Waals surface area contributed by atoms with Crippen LogP contribution in [0.1, 0.15) is 30.5 Å². The predicted molar refractivity (Wildman–Crippen MR) is 75.5 cm³/mol. The fourth-order valence-electron chi connectivity index (χ4n) is 1.91. The summed E-state index contributed by atoms with van der Waals surface area (Å²) < 4.78 is 0. The smallest absolute Gasteiger partial charge is 0.0695 e. The van der Waals surface area contributed by atoms with E-state index in [-0.39, 0.29) is 0 Å². The summed E-state index contributed by atoms with van der Waals surface area (Å²) in [5, 5.41) is 10.7. The Morgan fingerprint density at radius 3 is 2.67 bits per heavy atom. The van der Waals surface area contributed by atoms with Gasteiger partial charge in [0.25, 0.3) is 0 Å². The molecule has 0 bridgehead atoms. The molecule has 0 aliphatic heterocycles. The van der Waals surface area contributed by atoms with E-state index in [1.54, 1.807) is 0 Å². The second-order valence-electron chi connectivity index (χ2n) is 5.10. The summed E-state index contributed by atoms with van der Waals surface area (Å²) in [7, 11) is 0. The van der Waals surface area contributed by atoms with E-state index in [9.17, 15) is 0 Å². The van der Waals surface area contributed by atoms with Crippen molar-refractivity contribution in [2.75, 3.05) is 0 Å². The summed E-state index contributed by atoms with van der Waals surface area (Å²) in [6.45, 7) is 9.41. The molecule has 0 aliphatic rings. The van der Waals surface area contributed by atoms with Gasteiger partial charge in [-0.25, -0.2) is 0 Å². The number of nitrogens with one attached hydrogen (secondary N) is 2. The van der Waals surface area contributed by atoms with Crippen molar-refractivity contribution in [1.82, 2.24) is 15.5 Å². The molecule has 3 heteroatoms. The van der Waals surface area contributed by atoms with Crippen LogP contribution in [-0.2, 0) is 6.54 Å². The predicted octanol–water partition coefficient (Wildman–Crippen LogP) is 3.19. The maximum Gasteiger partial charge on any atom is 0.0695 e. The lowest BCUT2D eigenvalue weighted by Crippen LogP contribution is -2.21. The van der Waals surface area contributed by atoms with Gasteiger partial charge in [0.1, 0.15) is 0 Å². The Morgan fingerprint density at radius 2 is 2.00 bits per heavy atom. The molecule has 0 saturated carbocycles. The number of aryl methyl sites for hydroxylation is 2. The number of benzene rings is 1. The Balaban J connectivity index is 2.27. The molecule has 0 fully saturated rings. The zero-order chi connectivity index (χ0) is 13.1. The molecule has 2 N–H and O–H groups in total. The summed E-state index contributed by atoms with van der Waals surface area (Å²) >= 11 is 0. The van der Waals surface area contributed by atoms with Crippen molar-refractivity contribution in [3.63, 3.8) is 0 Å². The van der Waals surface area contributed by atoms with Gasteiger partial charge in [0.15, 0.2) is 0 Å². The molecule has 1 heterocycles. The number of aromatic amines is 1. The van der Waals surface area contributed by atoms with Crippen LogP contribution < -0.4 is 5.32 Å². The highest BCUT2D eigenvalue weighted by Gasteiger charge is 2.08. The fourth-order valence-corrected chi connectivity index (χ4v) is 1.91. The van der Waals surface area contributed by atoms with Crippen molar-refractivity contribution in [2.24, 2.45) is 0 Å². The van der Waals surface area contributed by atoms with Crippen molar-refractivity contribution in [2.45, 2.75) is 40.3 Å². The van der Waals surface area contributed by atoms with Gasteiger partial charge in [0.2, 0.25) is 0 Å². The largest absolute Gasteiger partial charge is 0.310 e. The summed E-state index contributed by atoms with van der Waals surface area (Å²) in [5.41, 5.74) is 6.17. The molecule has 3 nitrogen and oxygen atoms in total. The van der Waals surface area contributed by atoms with E-state index in [1.165, 1.54) is 22.3 Å². The molecule has 1 aromatic heterocycles. The zero-order valence-electron chi connectivity index (χ0n) is 11.5. The lowest BCUT2D eigenvalue weighted by Gasteiger charge is -2.09. The van der Waals surface area contributed by atoms with E-state index in [0.717, 1.165) is 12.2 Å². The quantitative estimate of drug-likeness (QED) is 0.865. The summed E-state index contributed by atoms with van der Waals surface area (Å²) in [6.07, 6.45) is 1.90. The topological polar surface area (TPSA) is 40.7 Å². The molecule has 1 aromatic carbocycles. The van der Waals surface area contributed by atoms with E-state index in [0.29, 0.717) is 6.04 Å². The number of H-pyrrole nitrogens is 1. The molecule has 0 unspecified atom stereocenters. The number of aromatic nitrogens is 2. The highest BCUT2D eigenvalue weighted by molar-refractivity contribution is 5.64. The van der Waals surface area contributed by atoms with Crippen LogP contribution in [0, 0.1) is 13.8 Å². The molecule has 0 aliphatic carbocycles. The summed E-state index contributed by atoms with van der Waals surface area (Å²) in [5.74, 6) is 0. The third kappa shape index (κ3) is 2.79. The highest BCUT2D eigenvalue weighted by Crippen LogP contribution is 2.23. The third-order valence-corrected chi connectivity index (χ3v) is 3.21. The van der Waals surface area contributed by atoms with Crippen LogP contribution >= 0.6 is 0 Å². The molecular weight excluding hydrogens is 222 g/mol. The molecule has 2 rings (SSSR count). The fraction of sp³-hybridized carbons (Fsp3) is 0.400. The molecule has 0 radical (unpaired) electrons. The number of nitrogens with zero attached hydrogens (tertiary/aromatic N) is 1. The van der Waals surface area contributed by atoms with E-state index in [4.69, 9.17) is 0 Å². The zero-order valence-corrected chi connectivity index (χ0v) is 11.5. The van der Waals surface area contributed by atoms with Crippen LogP contribution in [-0.4, -0.2) is 16.2 Å². The summed E-state index contributed by atoms with van der Waals surface area (Å²) in [4.78, 5) is 0. The number of hydrogen-bond donors (Lipinski definition) is 2. The van der Waals surface area contributed by atoms with Gasteiger partial charge in [-0.3, -0.25) is 5.10 Å². The maximum atomic E-state index is 4.16. The van der Waals surface area contributed by atoms with Crippen LogP contribution in [0.2, 0.25) is 0 Å². The molecule has 18 heavy (non-hydrogen) atoms. The highest BCUT2D eigenvalue weighted by atomic mass is 15.1. The SMILES string of the molecule is Cc1ccc(-c2[nH]ncc2CNC(C)C)cc1C. The lowest BCUT2D eigenvalue weighted by atomic mass is 10.0. The first-order valence-electron chi connectivity index (χ1n) is 6.41. The van der Waals surface area contributed by atoms with Crippen molar-refractivity contribution in [3.05, 3.63) is 41.1 Å². The first kappa shape index (κ1) is 12.8. The van der Waals surface area contributed by atoms with Gasteiger partial charge >= 0.3 is 0 Å². The average molecular weight is 243 g/mol. The molecular formula is C15H21N3. The van der Waals surface area contributed by atoms with Crippen LogP contribution in [0.4, 0.5) is 0 Å². The maximum absolute atomic E-state index is 4.16. The van der Waals surface area contributed by atoms with Crippen molar-refractivity contribution < 1.29 is 0 Å². The van der Waals surface area contributed by atoms with Gasteiger partial charge in [0, 0.05) is 23.7 Å². The number of rotatable bonds is 4. The third-order valence-electron chi connectivity index (χ3n) is 3.21. The van der Waals surface area contributed by atoms with E-state index < -0.39 is 0 Å². The summed E-state index contributed by atoms with van der Waals surface area (Å²) in [6, 6.07) is 6.99. The van der Waals surface area contributed by atoms with Crippen LogP contribution in [0.25, 0.3) is 11.3 Å². The van der Waals surface area contributed by atoms with Crippen LogP contribution in [0.5, 0.6) is 0 Å². The Morgan fingerprint density at radius 1 is 1.22 bits per heavy atom. The Hall–Kier alpha value is -1.61. The molecule has 0 atom stereocenters. The van der Waals surface area contributed by atoms with Gasteiger partial charge in [-0.05, 0) is 31.0 Å². The first-order valence-corrected chi connectivity index (χ1v) is 6.41. The van der Waals surface area contributed by atoms with Crippen molar-refractivity contribution >= 4 is 0 Å². The van der Waals surface area contributed by atoms with E-state index in [1.807, 2.05) is 6.20 Å². The van der Waals surface area contributed by atoms with Gasteiger partial charge in [-0.1, -0.05) is 26.0 Å². The molecule has 0 amide bonds. The molecule has 0 spiro atoms. The lowest BCUT2D eigenvalue weighted by molar-refractivity contribution is 0.589.